The summed E-state index contributed by atoms with van der Waals surface area (Å²) in [5.41, 5.74) is 1.74. The van der Waals surface area contributed by atoms with E-state index in [2.05, 4.69) is 5.32 Å². The number of carbonyl (C=O) groups excluding carboxylic acids is 2. The Hall–Kier alpha value is -3.07. The normalized spacial score (nSPS) is 12.2. The Balaban J connectivity index is 2.05. The summed E-state index contributed by atoms with van der Waals surface area (Å²) in [7, 11) is -4.19. The lowest BCUT2D eigenvalue weighted by Crippen LogP contribution is -2.52. The van der Waals surface area contributed by atoms with E-state index in [9.17, 15) is 18.0 Å². The number of hydrogen-bond donors (Lipinski definition) is 1. The third-order valence-corrected chi connectivity index (χ3v) is 8.18. The molecule has 0 bridgehead atoms. The van der Waals surface area contributed by atoms with Crippen LogP contribution in [0.4, 0.5) is 5.69 Å². The third kappa shape index (κ3) is 7.28. The highest BCUT2D eigenvalue weighted by Gasteiger charge is 2.33. The number of benzene rings is 3. The summed E-state index contributed by atoms with van der Waals surface area (Å²) < 4.78 is 28.6. The van der Waals surface area contributed by atoms with Gasteiger partial charge in [0.2, 0.25) is 11.8 Å². The van der Waals surface area contributed by atoms with E-state index in [4.69, 9.17) is 23.2 Å². The molecule has 1 N–H and O–H groups in total. The average molecular weight is 577 g/mol. The summed E-state index contributed by atoms with van der Waals surface area (Å²) in [6.45, 7) is 6.58. The van der Waals surface area contributed by atoms with Gasteiger partial charge < -0.3 is 10.2 Å². The largest absolute Gasteiger partial charge is 0.352 e. The van der Waals surface area contributed by atoms with Gasteiger partial charge in [-0.2, -0.15) is 0 Å². The summed E-state index contributed by atoms with van der Waals surface area (Å²) in [5.74, 6) is -0.937. The number of carbonyl (C=O) groups is 2. The molecule has 3 aromatic carbocycles. The maximum atomic E-state index is 13.9. The second kappa shape index (κ2) is 12.7. The van der Waals surface area contributed by atoms with Crippen LogP contribution in [0.3, 0.4) is 0 Å². The lowest BCUT2D eigenvalue weighted by atomic mass is 10.1. The molecule has 0 heterocycles. The summed E-state index contributed by atoms with van der Waals surface area (Å²) in [5, 5.41) is 3.47. The number of nitrogens with one attached hydrogen (secondary N) is 1. The molecule has 0 saturated heterocycles. The van der Waals surface area contributed by atoms with Gasteiger partial charge in [0.25, 0.3) is 10.0 Å². The molecule has 0 radical (unpaired) electrons. The van der Waals surface area contributed by atoms with E-state index < -0.39 is 28.5 Å². The van der Waals surface area contributed by atoms with Crippen molar-refractivity contribution in [2.24, 2.45) is 0 Å². The van der Waals surface area contributed by atoms with Gasteiger partial charge in [-0.3, -0.25) is 13.9 Å². The molecule has 2 amide bonds. The third-order valence-electron chi connectivity index (χ3n) is 5.85. The minimum atomic E-state index is -4.19. The zero-order valence-electron chi connectivity index (χ0n) is 21.7. The summed E-state index contributed by atoms with van der Waals surface area (Å²) in [6, 6.07) is 18.7. The Morgan fingerprint density at radius 1 is 0.921 bits per heavy atom. The standard InChI is InChI=1S/C28H31Cl2N3O4S/c1-19(2)31-28(35)21(4)32(17-22-8-7-9-23(29)16-22)27(34)18-33(26-11-6-5-10-25(26)30)38(36,37)24-14-12-20(3)13-15-24/h5-16,19,21H,17-18H2,1-4H3,(H,31,35)/t21-/m1/s1. The molecule has 0 saturated carbocycles. The molecule has 0 fully saturated rings. The van der Waals surface area contributed by atoms with Crippen LogP contribution in [0.5, 0.6) is 0 Å². The van der Waals surface area contributed by atoms with E-state index in [-0.39, 0.29) is 34.1 Å². The molecule has 7 nitrogen and oxygen atoms in total. The van der Waals surface area contributed by atoms with Crippen LogP contribution in [0, 0.1) is 6.92 Å². The minimum absolute atomic E-state index is 0.0165. The molecular formula is C28H31Cl2N3O4S. The fourth-order valence-corrected chi connectivity index (χ4v) is 5.76. The van der Waals surface area contributed by atoms with Crippen LogP contribution in [-0.2, 0) is 26.2 Å². The number of halogens is 2. The quantitative estimate of drug-likeness (QED) is 0.348. The predicted molar refractivity (Wildman–Crippen MR) is 152 cm³/mol. The van der Waals surface area contributed by atoms with E-state index >= 15 is 0 Å². The molecule has 0 aliphatic heterocycles. The van der Waals surface area contributed by atoms with Gasteiger partial charge in [-0.1, -0.05) is 65.2 Å². The average Bonchev–Trinajstić information content (AvgIpc) is 2.85. The fraction of sp³-hybridized carbons (Fsp3) is 0.286. The Labute approximate surface area is 234 Å². The monoisotopic (exact) mass is 575 g/mol. The van der Waals surface area contributed by atoms with Crippen LogP contribution in [-0.4, -0.2) is 43.8 Å². The number of para-hydroxylation sites is 1. The molecule has 3 aromatic rings. The second-order valence-corrected chi connectivity index (χ2v) is 12.0. The van der Waals surface area contributed by atoms with Crippen LogP contribution in [0.1, 0.15) is 31.9 Å². The summed E-state index contributed by atoms with van der Waals surface area (Å²) >= 11 is 12.6. The van der Waals surface area contributed by atoms with Crippen molar-refractivity contribution in [3.63, 3.8) is 0 Å². The first-order valence-electron chi connectivity index (χ1n) is 12.1. The zero-order valence-corrected chi connectivity index (χ0v) is 24.0. The van der Waals surface area contributed by atoms with Gasteiger partial charge in [-0.05, 0) is 69.7 Å². The lowest BCUT2D eigenvalue weighted by Gasteiger charge is -2.32. The Morgan fingerprint density at radius 3 is 2.18 bits per heavy atom. The van der Waals surface area contributed by atoms with E-state index in [1.54, 1.807) is 61.5 Å². The van der Waals surface area contributed by atoms with Crippen molar-refractivity contribution in [2.75, 3.05) is 10.8 Å². The highest BCUT2D eigenvalue weighted by molar-refractivity contribution is 7.92. The number of aryl methyl sites for hydroxylation is 1. The van der Waals surface area contributed by atoms with Gasteiger partial charge in [0, 0.05) is 17.6 Å². The molecule has 0 aliphatic rings. The first kappa shape index (κ1) is 29.5. The highest BCUT2D eigenvalue weighted by Crippen LogP contribution is 2.31. The van der Waals surface area contributed by atoms with Crippen molar-refractivity contribution in [1.82, 2.24) is 10.2 Å². The number of nitrogens with zero attached hydrogens (tertiary/aromatic N) is 2. The number of anilines is 1. The SMILES string of the molecule is Cc1ccc(S(=O)(=O)N(CC(=O)N(Cc2cccc(Cl)c2)[C@H](C)C(=O)NC(C)C)c2ccccc2Cl)cc1. The second-order valence-electron chi connectivity index (χ2n) is 9.27. The van der Waals surface area contributed by atoms with Crippen LogP contribution < -0.4 is 9.62 Å². The first-order chi connectivity index (χ1) is 17.9. The zero-order chi connectivity index (χ0) is 28.0. The van der Waals surface area contributed by atoms with Crippen LogP contribution in [0.2, 0.25) is 10.0 Å². The Kier molecular flexibility index (Phi) is 9.82. The molecular weight excluding hydrogens is 545 g/mol. The van der Waals surface area contributed by atoms with Crippen molar-refractivity contribution >= 4 is 50.7 Å². The van der Waals surface area contributed by atoms with E-state index in [1.165, 1.54) is 23.1 Å². The molecule has 38 heavy (non-hydrogen) atoms. The van der Waals surface area contributed by atoms with Crippen molar-refractivity contribution < 1.29 is 18.0 Å². The predicted octanol–water partition coefficient (Wildman–Crippen LogP) is 5.44. The molecule has 3 rings (SSSR count). The molecule has 1 atom stereocenters. The van der Waals surface area contributed by atoms with E-state index in [0.29, 0.717) is 10.6 Å². The van der Waals surface area contributed by atoms with Crippen molar-refractivity contribution in [3.05, 3.63) is 94.0 Å². The van der Waals surface area contributed by atoms with Gasteiger partial charge in [0.15, 0.2) is 0 Å². The Bertz CT molecular complexity index is 1400. The topological polar surface area (TPSA) is 86.8 Å². The van der Waals surface area contributed by atoms with Gasteiger partial charge in [-0.25, -0.2) is 8.42 Å². The minimum Gasteiger partial charge on any atom is -0.352 e. The number of hydrogen-bond acceptors (Lipinski definition) is 4. The molecule has 10 heteroatoms. The van der Waals surface area contributed by atoms with Crippen LogP contribution in [0.15, 0.2) is 77.7 Å². The van der Waals surface area contributed by atoms with Crippen LogP contribution >= 0.6 is 23.2 Å². The maximum Gasteiger partial charge on any atom is 0.264 e. The van der Waals surface area contributed by atoms with Crippen LogP contribution in [0.25, 0.3) is 0 Å². The fourth-order valence-electron chi connectivity index (χ4n) is 3.82. The van der Waals surface area contributed by atoms with Crippen molar-refractivity contribution in [2.45, 2.75) is 51.2 Å². The molecule has 202 valence electrons. The van der Waals surface area contributed by atoms with Gasteiger partial charge in [0.1, 0.15) is 12.6 Å². The molecule has 0 aromatic heterocycles. The molecule has 0 spiro atoms. The summed E-state index contributed by atoms with van der Waals surface area (Å²) in [4.78, 5) is 28.1. The number of sulfonamides is 1. The first-order valence-corrected chi connectivity index (χ1v) is 14.3. The number of amides is 2. The summed E-state index contributed by atoms with van der Waals surface area (Å²) in [6.07, 6.45) is 0. The Morgan fingerprint density at radius 2 is 1.58 bits per heavy atom. The highest BCUT2D eigenvalue weighted by atomic mass is 35.5. The molecule has 0 unspecified atom stereocenters. The maximum absolute atomic E-state index is 13.9. The van der Waals surface area contributed by atoms with Gasteiger partial charge in [-0.15, -0.1) is 0 Å². The van der Waals surface area contributed by atoms with Crippen molar-refractivity contribution in [3.8, 4) is 0 Å². The van der Waals surface area contributed by atoms with E-state index in [0.717, 1.165) is 9.87 Å². The number of rotatable bonds is 10. The van der Waals surface area contributed by atoms with E-state index in [1.807, 2.05) is 20.8 Å². The lowest BCUT2D eigenvalue weighted by molar-refractivity contribution is -0.139. The van der Waals surface area contributed by atoms with Gasteiger partial charge >= 0.3 is 0 Å². The smallest absolute Gasteiger partial charge is 0.264 e. The van der Waals surface area contributed by atoms with Crippen molar-refractivity contribution in [1.29, 1.82) is 0 Å². The molecule has 0 aliphatic carbocycles. The van der Waals surface area contributed by atoms with Gasteiger partial charge in [0.05, 0.1) is 15.6 Å².